The molecule has 23 heavy (non-hydrogen) atoms. The Bertz CT molecular complexity index is 544. The number of hydrogen-bond donors (Lipinski definition) is 0. The highest BCUT2D eigenvalue weighted by Gasteiger charge is 2.41. The molecule has 0 amide bonds. The Labute approximate surface area is 139 Å². The fraction of sp³-hybridized carbons (Fsp3) is 0.412. The molecule has 0 unspecified atom stereocenters. The van der Waals surface area contributed by atoms with Crippen molar-refractivity contribution in [3.05, 3.63) is 60.2 Å². The van der Waals surface area contributed by atoms with E-state index in [1.807, 2.05) is 24.8 Å². The van der Waals surface area contributed by atoms with Crippen LogP contribution in [0.5, 0.6) is 0 Å². The minimum Gasteiger partial charge on any atom is -0.377 e. The molecule has 0 aliphatic rings. The van der Waals surface area contributed by atoms with Gasteiger partial charge in [0.15, 0.2) is 0 Å². The van der Waals surface area contributed by atoms with Gasteiger partial charge >= 0.3 is 8.80 Å². The molecule has 0 aromatic carbocycles. The Kier molecular flexibility index (Phi) is 6.01. The standard InChI is InChI=1S/C17H24N2O3Si/c1-17(15-5-10-18-11-6-15,16-7-12-19-13-8-16)9-14-23(20-2,21-3)22-4/h5-8,10-13H,9,14H2,1-4H3. The fourth-order valence-electron chi connectivity index (χ4n) is 2.85. The molecule has 0 atom stereocenters. The third-order valence-corrected chi connectivity index (χ3v) is 7.23. The van der Waals surface area contributed by atoms with Crippen molar-refractivity contribution in [2.45, 2.75) is 24.8 Å². The highest BCUT2D eigenvalue weighted by atomic mass is 28.4. The minimum absolute atomic E-state index is 0.195. The van der Waals surface area contributed by atoms with Crippen molar-refractivity contribution in [2.75, 3.05) is 21.3 Å². The van der Waals surface area contributed by atoms with Crippen molar-refractivity contribution in [3.8, 4) is 0 Å². The van der Waals surface area contributed by atoms with Gasteiger partial charge in [0.25, 0.3) is 0 Å². The van der Waals surface area contributed by atoms with Crippen molar-refractivity contribution in [3.63, 3.8) is 0 Å². The minimum atomic E-state index is -2.62. The molecular weight excluding hydrogens is 308 g/mol. The Morgan fingerprint density at radius 1 is 0.826 bits per heavy atom. The van der Waals surface area contributed by atoms with Gasteiger partial charge < -0.3 is 13.3 Å². The van der Waals surface area contributed by atoms with Crippen LogP contribution in [-0.4, -0.2) is 40.1 Å². The third kappa shape index (κ3) is 3.84. The van der Waals surface area contributed by atoms with Crippen LogP contribution < -0.4 is 0 Å². The summed E-state index contributed by atoms with van der Waals surface area (Å²) >= 11 is 0. The summed E-state index contributed by atoms with van der Waals surface area (Å²) in [5.41, 5.74) is 2.20. The van der Waals surface area contributed by atoms with E-state index < -0.39 is 8.80 Å². The van der Waals surface area contributed by atoms with E-state index in [-0.39, 0.29) is 5.41 Å². The summed E-state index contributed by atoms with van der Waals surface area (Å²) in [6.45, 7) is 2.22. The third-order valence-electron chi connectivity index (χ3n) is 4.50. The number of aromatic nitrogens is 2. The average Bonchev–Trinajstić information content (AvgIpc) is 2.64. The van der Waals surface area contributed by atoms with E-state index in [0.717, 1.165) is 12.5 Å². The lowest BCUT2D eigenvalue weighted by atomic mass is 9.75. The van der Waals surface area contributed by atoms with E-state index >= 15 is 0 Å². The normalized spacial score (nSPS) is 12.3. The smallest absolute Gasteiger partial charge is 0.377 e. The lowest BCUT2D eigenvalue weighted by molar-refractivity contribution is 0.121. The summed E-state index contributed by atoms with van der Waals surface area (Å²) in [5, 5.41) is 0. The van der Waals surface area contributed by atoms with Gasteiger partial charge in [0.05, 0.1) is 0 Å². The van der Waals surface area contributed by atoms with Crippen molar-refractivity contribution in [1.82, 2.24) is 9.97 Å². The molecule has 6 heteroatoms. The van der Waals surface area contributed by atoms with Gasteiger partial charge in [-0.2, -0.15) is 0 Å². The zero-order chi connectivity index (χ0) is 16.8. The summed E-state index contributed by atoms with van der Waals surface area (Å²) in [4.78, 5) is 8.26. The summed E-state index contributed by atoms with van der Waals surface area (Å²) in [6.07, 6.45) is 8.12. The summed E-state index contributed by atoms with van der Waals surface area (Å²) in [6, 6.07) is 8.93. The van der Waals surface area contributed by atoms with Crippen LogP contribution in [0.4, 0.5) is 0 Å². The van der Waals surface area contributed by atoms with Gasteiger partial charge in [0.2, 0.25) is 0 Å². The predicted molar refractivity (Wildman–Crippen MR) is 91.1 cm³/mol. The van der Waals surface area contributed by atoms with Crippen LogP contribution >= 0.6 is 0 Å². The van der Waals surface area contributed by atoms with Gasteiger partial charge in [-0.3, -0.25) is 9.97 Å². The molecule has 0 saturated carbocycles. The van der Waals surface area contributed by atoms with Crippen molar-refractivity contribution in [2.24, 2.45) is 0 Å². The summed E-state index contributed by atoms with van der Waals surface area (Å²) < 4.78 is 16.7. The topological polar surface area (TPSA) is 53.5 Å². The molecule has 124 valence electrons. The van der Waals surface area contributed by atoms with E-state index in [4.69, 9.17) is 13.3 Å². The zero-order valence-corrected chi connectivity index (χ0v) is 15.2. The molecule has 2 aromatic heterocycles. The molecule has 2 rings (SSSR count). The lowest BCUT2D eigenvalue weighted by Gasteiger charge is -2.34. The molecule has 0 bridgehead atoms. The number of hydrogen-bond acceptors (Lipinski definition) is 5. The number of rotatable bonds is 8. The molecule has 0 fully saturated rings. The first kappa shape index (κ1) is 17.7. The zero-order valence-electron chi connectivity index (χ0n) is 14.2. The number of nitrogens with zero attached hydrogens (tertiary/aromatic N) is 2. The van der Waals surface area contributed by atoms with E-state index in [1.165, 1.54) is 11.1 Å². The van der Waals surface area contributed by atoms with Crippen LogP contribution in [0, 0.1) is 0 Å². The quantitative estimate of drug-likeness (QED) is 0.696. The van der Waals surface area contributed by atoms with E-state index in [1.54, 1.807) is 21.3 Å². The van der Waals surface area contributed by atoms with E-state index in [9.17, 15) is 0 Å². The van der Waals surface area contributed by atoms with Crippen LogP contribution in [0.25, 0.3) is 0 Å². The highest BCUT2D eigenvalue weighted by molar-refractivity contribution is 6.60. The average molecular weight is 332 g/mol. The van der Waals surface area contributed by atoms with E-state index in [0.29, 0.717) is 0 Å². The first-order valence-corrected chi connectivity index (χ1v) is 9.50. The highest BCUT2D eigenvalue weighted by Crippen LogP contribution is 2.38. The Hall–Kier alpha value is -1.60. The van der Waals surface area contributed by atoms with Crippen LogP contribution in [-0.2, 0) is 18.7 Å². The SMILES string of the molecule is CO[Si](CCC(C)(c1ccncc1)c1ccncc1)(OC)OC. The van der Waals surface area contributed by atoms with Crippen LogP contribution in [0.1, 0.15) is 24.5 Å². The van der Waals surface area contributed by atoms with Crippen molar-refractivity contribution < 1.29 is 13.3 Å². The maximum Gasteiger partial charge on any atom is 0.500 e. The first-order chi connectivity index (χ1) is 11.1. The van der Waals surface area contributed by atoms with Gasteiger partial charge in [-0.15, -0.1) is 0 Å². The Morgan fingerprint density at radius 3 is 1.57 bits per heavy atom. The molecular formula is C17H24N2O3Si. The van der Waals surface area contributed by atoms with Crippen LogP contribution in [0.3, 0.4) is 0 Å². The molecule has 0 radical (unpaired) electrons. The molecule has 5 nitrogen and oxygen atoms in total. The number of pyridine rings is 2. The van der Waals surface area contributed by atoms with Gasteiger partial charge in [-0.25, -0.2) is 0 Å². The monoisotopic (exact) mass is 332 g/mol. The van der Waals surface area contributed by atoms with Crippen LogP contribution in [0.15, 0.2) is 49.1 Å². The molecule has 0 saturated heterocycles. The van der Waals surface area contributed by atoms with Gasteiger partial charge in [-0.05, 0) is 41.8 Å². The van der Waals surface area contributed by atoms with Gasteiger partial charge in [0, 0.05) is 57.6 Å². The Morgan fingerprint density at radius 2 is 1.22 bits per heavy atom. The molecule has 0 aliphatic heterocycles. The maximum atomic E-state index is 5.57. The second-order valence-electron chi connectivity index (χ2n) is 5.60. The Balaban J connectivity index is 2.36. The van der Waals surface area contributed by atoms with Crippen LogP contribution in [0.2, 0.25) is 6.04 Å². The van der Waals surface area contributed by atoms with Gasteiger partial charge in [0.1, 0.15) is 0 Å². The predicted octanol–water partition coefficient (Wildman–Crippen LogP) is 3.05. The molecule has 2 heterocycles. The van der Waals surface area contributed by atoms with Crippen molar-refractivity contribution in [1.29, 1.82) is 0 Å². The first-order valence-electron chi connectivity index (χ1n) is 7.57. The fourth-order valence-corrected chi connectivity index (χ4v) is 4.77. The molecule has 0 spiro atoms. The summed E-state index contributed by atoms with van der Waals surface area (Å²) in [7, 11) is 2.32. The largest absolute Gasteiger partial charge is 0.500 e. The lowest BCUT2D eigenvalue weighted by Crippen LogP contribution is -2.44. The molecule has 0 N–H and O–H groups in total. The molecule has 0 aliphatic carbocycles. The summed E-state index contributed by atoms with van der Waals surface area (Å²) in [5.74, 6) is 0. The van der Waals surface area contributed by atoms with Gasteiger partial charge in [-0.1, -0.05) is 6.92 Å². The second-order valence-corrected chi connectivity index (χ2v) is 8.69. The van der Waals surface area contributed by atoms with E-state index in [2.05, 4.69) is 41.2 Å². The maximum absolute atomic E-state index is 5.57. The second kappa shape index (κ2) is 7.78. The van der Waals surface area contributed by atoms with Crippen molar-refractivity contribution >= 4 is 8.80 Å². The molecule has 2 aromatic rings.